The molecule has 2 aromatic carbocycles. The van der Waals surface area contributed by atoms with Gasteiger partial charge in [-0.15, -0.1) is 11.3 Å². The van der Waals surface area contributed by atoms with Gasteiger partial charge in [0.15, 0.2) is 6.61 Å². The van der Waals surface area contributed by atoms with Crippen molar-refractivity contribution in [3.63, 3.8) is 0 Å². The van der Waals surface area contributed by atoms with Gasteiger partial charge in [0.1, 0.15) is 9.96 Å². The number of carbonyl (C=O) groups is 1. The van der Waals surface area contributed by atoms with Crippen LogP contribution in [-0.2, 0) is 27.5 Å². The quantitative estimate of drug-likeness (QED) is 0.518. The highest BCUT2D eigenvalue weighted by Crippen LogP contribution is 2.29. The lowest BCUT2D eigenvalue weighted by Gasteiger charge is -2.18. The Balaban J connectivity index is 1.52. The van der Waals surface area contributed by atoms with Gasteiger partial charge in [0.25, 0.3) is 15.9 Å². The van der Waals surface area contributed by atoms with E-state index in [2.05, 4.69) is 5.32 Å². The van der Waals surface area contributed by atoms with Crippen LogP contribution in [0.1, 0.15) is 11.1 Å². The number of nitrogens with one attached hydrogen (secondary N) is 1. The predicted octanol–water partition coefficient (Wildman–Crippen LogP) is 4.29. The summed E-state index contributed by atoms with van der Waals surface area (Å²) in [4.78, 5) is 12.0. The fraction of sp³-hybridized carbons (Fsp3) is 0.190. The summed E-state index contributed by atoms with van der Waals surface area (Å²) >= 11 is 1.12. The Bertz CT molecular complexity index is 1160. The summed E-state index contributed by atoms with van der Waals surface area (Å²) < 4.78 is 70.1. The topological polar surface area (TPSA) is 75.7 Å². The molecule has 0 saturated heterocycles. The molecule has 0 aliphatic carbocycles. The number of hydrogen-bond donors (Lipinski definition) is 1. The van der Waals surface area contributed by atoms with Crippen molar-refractivity contribution in [3.05, 3.63) is 77.2 Å². The van der Waals surface area contributed by atoms with Crippen LogP contribution in [0.2, 0.25) is 0 Å². The minimum absolute atomic E-state index is 0.0730. The standard InChI is InChI=1S/C21H19F3N2O4S2/c1-26(32(28,29)20-6-3-11-31-20)17-7-9-18(10-8-17)30-14-19(27)25-13-15-4-2-5-16(12-15)21(22,23)24/h2-12H,13-14H2,1H3,(H,25,27). The van der Waals surface area contributed by atoms with E-state index in [4.69, 9.17) is 4.74 Å². The maximum absolute atomic E-state index is 12.7. The van der Waals surface area contributed by atoms with E-state index >= 15 is 0 Å². The molecule has 3 aromatic rings. The summed E-state index contributed by atoms with van der Waals surface area (Å²) in [5.41, 5.74) is -0.0566. The number of nitrogens with zero attached hydrogens (tertiary/aromatic N) is 1. The van der Waals surface area contributed by atoms with Crippen LogP contribution in [0.25, 0.3) is 0 Å². The molecule has 0 unspecified atom stereocenters. The maximum atomic E-state index is 12.7. The van der Waals surface area contributed by atoms with Crippen molar-refractivity contribution in [3.8, 4) is 5.75 Å². The lowest BCUT2D eigenvalue weighted by Crippen LogP contribution is -2.28. The monoisotopic (exact) mass is 484 g/mol. The molecule has 170 valence electrons. The second-order valence-corrected chi connectivity index (χ2v) is 9.81. The van der Waals surface area contributed by atoms with Gasteiger partial charge < -0.3 is 10.1 Å². The van der Waals surface area contributed by atoms with E-state index in [1.807, 2.05) is 0 Å². The molecular weight excluding hydrogens is 465 g/mol. The molecule has 1 heterocycles. The molecular formula is C21H19F3N2O4S2. The number of carbonyl (C=O) groups excluding carboxylic acids is 1. The molecule has 0 aliphatic heterocycles. The van der Waals surface area contributed by atoms with Gasteiger partial charge in [0, 0.05) is 13.6 Å². The first-order chi connectivity index (χ1) is 15.1. The summed E-state index contributed by atoms with van der Waals surface area (Å²) in [7, 11) is -2.22. The van der Waals surface area contributed by atoms with Crippen LogP contribution < -0.4 is 14.4 Å². The van der Waals surface area contributed by atoms with Gasteiger partial charge in [-0.2, -0.15) is 13.2 Å². The van der Waals surface area contributed by atoms with Crippen LogP contribution in [0, 0.1) is 0 Å². The van der Waals surface area contributed by atoms with E-state index in [1.165, 1.54) is 37.4 Å². The van der Waals surface area contributed by atoms with E-state index in [0.717, 1.165) is 27.8 Å². The SMILES string of the molecule is CN(c1ccc(OCC(=O)NCc2cccc(C(F)(F)F)c2)cc1)S(=O)(=O)c1cccs1. The number of halogens is 3. The third-order valence-electron chi connectivity index (χ3n) is 4.42. The highest BCUT2D eigenvalue weighted by Gasteiger charge is 2.30. The number of ether oxygens (including phenoxy) is 1. The molecule has 1 N–H and O–H groups in total. The highest BCUT2D eigenvalue weighted by atomic mass is 32.2. The van der Waals surface area contributed by atoms with Gasteiger partial charge in [-0.05, 0) is 53.4 Å². The number of thiophene rings is 1. The van der Waals surface area contributed by atoms with Crippen molar-refractivity contribution in [2.24, 2.45) is 0 Å². The molecule has 11 heteroatoms. The van der Waals surface area contributed by atoms with Crippen molar-refractivity contribution in [1.29, 1.82) is 0 Å². The number of amides is 1. The van der Waals surface area contributed by atoms with Crippen molar-refractivity contribution < 1.29 is 31.1 Å². The van der Waals surface area contributed by atoms with Gasteiger partial charge in [-0.25, -0.2) is 8.42 Å². The number of rotatable bonds is 8. The molecule has 0 radical (unpaired) electrons. The lowest BCUT2D eigenvalue weighted by molar-refractivity contribution is -0.137. The Morgan fingerprint density at radius 3 is 2.44 bits per heavy atom. The summed E-state index contributed by atoms with van der Waals surface area (Å²) in [6, 6.07) is 14.0. The van der Waals surface area contributed by atoms with Gasteiger partial charge >= 0.3 is 6.18 Å². The lowest BCUT2D eigenvalue weighted by atomic mass is 10.1. The van der Waals surface area contributed by atoms with Crippen molar-refractivity contribution in [2.45, 2.75) is 16.9 Å². The van der Waals surface area contributed by atoms with Crippen molar-refractivity contribution in [2.75, 3.05) is 18.0 Å². The Labute approximate surface area is 187 Å². The van der Waals surface area contributed by atoms with Crippen LogP contribution in [-0.4, -0.2) is 28.0 Å². The number of alkyl halides is 3. The fourth-order valence-electron chi connectivity index (χ4n) is 2.69. The number of benzene rings is 2. The zero-order chi connectivity index (χ0) is 23.4. The summed E-state index contributed by atoms with van der Waals surface area (Å²) in [5, 5.41) is 4.17. The van der Waals surface area contributed by atoms with Crippen molar-refractivity contribution >= 4 is 33.0 Å². The first-order valence-electron chi connectivity index (χ1n) is 9.25. The molecule has 1 amide bonds. The normalized spacial score (nSPS) is 11.8. The predicted molar refractivity (Wildman–Crippen MR) is 115 cm³/mol. The molecule has 0 aliphatic rings. The zero-order valence-electron chi connectivity index (χ0n) is 16.8. The van der Waals surface area contributed by atoms with Gasteiger partial charge in [0.2, 0.25) is 0 Å². The summed E-state index contributed by atoms with van der Waals surface area (Å²) in [5.74, 6) is -0.172. The second kappa shape index (κ2) is 9.61. The maximum Gasteiger partial charge on any atom is 0.416 e. The first kappa shape index (κ1) is 23.6. The number of anilines is 1. The Morgan fingerprint density at radius 2 is 1.81 bits per heavy atom. The number of hydrogen-bond acceptors (Lipinski definition) is 5. The van der Waals surface area contributed by atoms with Crippen LogP contribution in [0.15, 0.2) is 70.3 Å². The minimum atomic E-state index is -4.45. The third kappa shape index (κ3) is 5.80. The summed E-state index contributed by atoms with van der Waals surface area (Å²) in [6.07, 6.45) is -4.45. The van der Waals surface area contributed by atoms with E-state index in [-0.39, 0.29) is 17.4 Å². The number of sulfonamides is 1. The minimum Gasteiger partial charge on any atom is -0.484 e. The molecule has 0 fully saturated rings. The van der Waals surface area contributed by atoms with Crippen LogP contribution in [0.3, 0.4) is 0 Å². The molecule has 0 bridgehead atoms. The van der Waals surface area contributed by atoms with Crippen LogP contribution in [0.4, 0.5) is 18.9 Å². The summed E-state index contributed by atoms with van der Waals surface area (Å²) in [6.45, 7) is -0.419. The van der Waals surface area contributed by atoms with E-state index in [1.54, 1.807) is 23.6 Å². The Morgan fingerprint density at radius 1 is 1.09 bits per heavy atom. The van der Waals surface area contributed by atoms with E-state index in [0.29, 0.717) is 17.0 Å². The van der Waals surface area contributed by atoms with Crippen molar-refractivity contribution in [1.82, 2.24) is 5.32 Å². The van der Waals surface area contributed by atoms with E-state index in [9.17, 15) is 26.4 Å². The smallest absolute Gasteiger partial charge is 0.416 e. The van der Waals surface area contributed by atoms with Gasteiger partial charge in [-0.3, -0.25) is 9.10 Å². The first-order valence-corrected chi connectivity index (χ1v) is 11.6. The third-order valence-corrected chi connectivity index (χ3v) is 7.58. The second-order valence-electron chi connectivity index (χ2n) is 6.66. The molecule has 3 rings (SSSR count). The Kier molecular flexibility index (Phi) is 7.09. The zero-order valence-corrected chi connectivity index (χ0v) is 18.4. The highest BCUT2D eigenvalue weighted by molar-refractivity contribution is 7.94. The molecule has 1 aromatic heterocycles. The Hall–Kier alpha value is -3.05. The average molecular weight is 485 g/mol. The van der Waals surface area contributed by atoms with Crippen LogP contribution >= 0.6 is 11.3 Å². The van der Waals surface area contributed by atoms with Crippen LogP contribution in [0.5, 0.6) is 5.75 Å². The molecule has 0 spiro atoms. The average Bonchev–Trinajstić information content (AvgIpc) is 3.32. The fourth-order valence-corrected chi connectivity index (χ4v) is 5.05. The largest absolute Gasteiger partial charge is 0.484 e. The van der Waals surface area contributed by atoms with Gasteiger partial charge in [-0.1, -0.05) is 18.2 Å². The molecule has 32 heavy (non-hydrogen) atoms. The van der Waals surface area contributed by atoms with E-state index < -0.39 is 27.7 Å². The molecule has 6 nitrogen and oxygen atoms in total. The molecule has 0 atom stereocenters. The van der Waals surface area contributed by atoms with Gasteiger partial charge in [0.05, 0.1) is 11.3 Å². The molecule has 0 saturated carbocycles.